The molecule has 1 aromatic heterocycles. The summed E-state index contributed by atoms with van der Waals surface area (Å²) in [6.45, 7) is 2.65. The standard InChI is InChI=1S/C26H25ClN4OS/c1-2-7-25-29-30-26(33-19-21-12-14-23(27)15-13-21)31(25)28-17-22-10-6-11-24(16-22)32-18-20-8-4-3-5-9-20/h3-6,8-17H,2,7,18-19H2,1H3/b28-17+. The predicted molar refractivity (Wildman–Crippen MR) is 135 cm³/mol. The van der Waals surface area contributed by atoms with Gasteiger partial charge in [0.2, 0.25) is 5.16 Å². The molecule has 0 aliphatic carbocycles. The number of benzene rings is 3. The Morgan fingerprint density at radius 1 is 0.970 bits per heavy atom. The summed E-state index contributed by atoms with van der Waals surface area (Å²) >= 11 is 7.60. The Bertz CT molecular complexity index is 1190. The van der Waals surface area contributed by atoms with Gasteiger partial charge in [-0.25, -0.2) is 0 Å². The van der Waals surface area contributed by atoms with E-state index >= 15 is 0 Å². The molecule has 4 aromatic rings. The average Bonchev–Trinajstić information content (AvgIpc) is 3.23. The Hall–Kier alpha value is -3.09. The molecule has 0 unspecified atom stereocenters. The SMILES string of the molecule is CCCc1nnc(SCc2ccc(Cl)cc2)n1/N=C/c1cccc(OCc2ccccc2)c1. The second-order valence-corrected chi connectivity index (χ2v) is 8.85. The zero-order chi connectivity index (χ0) is 22.9. The van der Waals surface area contributed by atoms with Crippen molar-refractivity contribution in [2.24, 2.45) is 5.10 Å². The summed E-state index contributed by atoms with van der Waals surface area (Å²) in [5.74, 6) is 2.42. The van der Waals surface area contributed by atoms with E-state index in [1.165, 1.54) is 5.56 Å². The van der Waals surface area contributed by atoms with E-state index in [0.29, 0.717) is 6.61 Å². The highest BCUT2D eigenvalue weighted by atomic mass is 35.5. The van der Waals surface area contributed by atoms with Gasteiger partial charge in [-0.1, -0.05) is 84.9 Å². The van der Waals surface area contributed by atoms with Crippen LogP contribution in [0.4, 0.5) is 0 Å². The second-order valence-electron chi connectivity index (χ2n) is 7.47. The van der Waals surface area contributed by atoms with Crippen molar-refractivity contribution in [3.63, 3.8) is 0 Å². The quantitative estimate of drug-likeness (QED) is 0.190. The zero-order valence-corrected chi connectivity index (χ0v) is 20.0. The average molecular weight is 477 g/mol. The van der Waals surface area contributed by atoms with Crippen LogP contribution in [-0.4, -0.2) is 21.1 Å². The van der Waals surface area contributed by atoms with Crippen LogP contribution in [0, 0.1) is 0 Å². The minimum absolute atomic E-state index is 0.527. The highest BCUT2D eigenvalue weighted by molar-refractivity contribution is 7.98. The highest BCUT2D eigenvalue weighted by Crippen LogP contribution is 2.23. The van der Waals surface area contributed by atoms with Gasteiger partial charge in [0.15, 0.2) is 5.82 Å². The van der Waals surface area contributed by atoms with Crippen molar-refractivity contribution in [1.29, 1.82) is 0 Å². The van der Waals surface area contributed by atoms with Crippen LogP contribution in [0.25, 0.3) is 0 Å². The highest BCUT2D eigenvalue weighted by Gasteiger charge is 2.12. The van der Waals surface area contributed by atoms with Crippen molar-refractivity contribution < 1.29 is 4.74 Å². The lowest BCUT2D eigenvalue weighted by atomic mass is 10.2. The zero-order valence-electron chi connectivity index (χ0n) is 18.4. The number of rotatable bonds is 10. The lowest BCUT2D eigenvalue weighted by molar-refractivity contribution is 0.306. The molecule has 4 rings (SSSR count). The van der Waals surface area contributed by atoms with Crippen LogP contribution in [0.2, 0.25) is 5.02 Å². The summed E-state index contributed by atoms with van der Waals surface area (Å²) in [5, 5.41) is 14.9. The monoisotopic (exact) mass is 476 g/mol. The van der Waals surface area contributed by atoms with Gasteiger partial charge in [-0.2, -0.15) is 9.78 Å². The molecular formula is C26H25ClN4OS. The number of ether oxygens (including phenoxy) is 1. The molecule has 7 heteroatoms. The van der Waals surface area contributed by atoms with Gasteiger partial charge in [0.25, 0.3) is 0 Å². The first-order chi connectivity index (χ1) is 16.2. The molecule has 168 valence electrons. The first-order valence-corrected chi connectivity index (χ1v) is 12.2. The molecular weight excluding hydrogens is 452 g/mol. The molecule has 1 heterocycles. The normalized spacial score (nSPS) is 11.2. The minimum atomic E-state index is 0.527. The second kappa shape index (κ2) is 11.7. The van der Waals surface area contributed by atoms with E-state index in [1.54, 1.807) is 11.8 Å². The number of thioether (sulfide) groups is 1. The minimum Gasteiger partial charge on any atom is -0.489 e. The summed E-state index contributed by atoms with van der Waals surface area (Å²) in [7, 11) is 0. The van der Waals surface area contributed by atoms with Gasteiger partial charge < -0.3 is 4.74 Å². The molecule has 0 radical (unpaired) electrons. The number of aromatic nitrogens is 3. The van der Waals surface area contributed by atoms with Crippen LogP contribution in [0.5, 0.6) is 5.75 Å². The predicted octanol–water partition coefficient (Wildman–Crippen LogP) is 6.64. The van der Waals surface area contributed by atoms with Crippen LogP contribution in [0.15, 0.2) is 89.1 Å². The lowest BCUT2D eigenvalue weighted by Gasteiger charge is -2.07. The van der Waals surface area contributed by atoms with E-state index < -0.39 is 0 Å². The Morgan fingerprint density at radius 2 is 1.79 bits per heavy atom. The topological polar surface area (TPSA) is 52.3 Å². The third-order valence-corrected chi connectivity index (χ3v) is 6.10. The number of halogens is 1. The molecule has 33 heavy (non-hydrogen) atoms. The van der Waals surface area contributed by atoms with Gasteiger partial charge in [0.1, 0.15) is 12.4 Å². The number of nitrogens with zero attached hydrogens (tertiary/aromatic N) is 4. The number of hydrogen-bond donors (Lipinski definition) is 0. The summed E-state index contributed by atoms with van der Waals surface area (Å²) in [6.07, 6.45) is 3.61. The largest absolute Gasteiger partial charge is 0.489 e. The van der Waals surface area contributed by atoms with E-state index in [1.807, 2.05) is 77.6 Å². The van der Waals surface area contributed by atoms with E-state index in [2.05, 4.69) is 29.3 Å². The van der Waals surface area contributed by atoms with Crippen LogP contribution in [0.1, 0.15) is 35.9 Å². The van der Waals surface area contributed by atoms with Crippen molar-refractivity contribution in [2.75, 3.05) is 0 Å². The van der Waals surface area contributed by atoms with Gasteiger partial charge in [0.05, 0.1) is 6.21 Å². The molecule has 5 nitrogen and oxygen atoms in total. The Kier molecular flexibility index (Phi) is 8.17. The van der Waals surface area contributed by atoms with Gasteiger partial charge in [-0.05, 0) is 47.4 Å². The van der Waals surface area contributed by atoms with Gasteiger partial charge in [0, 0.05) is 17.2 Å². The van der Waals surface area contributed by atoms with Crippen molar-refractivity contribution in [3.8, 4) is 5.75 Å². The van der Waals surface area contributed by atoms with Crippen LogP contribution < -0.4 is 4.74 Å². The molecule has 0 amide bonds. The number of hydrogen-bond acceptors (Lipinski definition) is 5. The summed E-state index contributed by atoms with van der Waals surface area (Å²) in [4.78, 5) is 0. The molecule has 0 atom stereocenters. The summed E-state index contributed by atoms with van der Waals surface area (Å²) in [6, 6.07) is 25.9. The molecule has 0 bridgehead atoms. The number of aryl methyl sites for hydroxylation is 1. The first-order valence-electron chi connectivity index (χ1n) is 10.8. The summed E-state index contributed by atoms with van der Waals surface area (Å²) < 4.78 is 7.78. The fourth-order valence-electron chi connectivity index (χ4n) is 3.16. The van der Waals surface area contributed by atoms with E-state index in [9.17, 15) is 0 Å². The van der Waals surface area contributed by atoms with Gasteiger partial charge in [-0.15, -0.1) is 10.2 Å². The van der Waals surface area contributed by atoms with Crippen molar-refractivity contribution in [3.05, 3.63) is 106 Å². The molecule has 0 aliphatic heterocycles. The van der Waals surface area contributed by atoms with E-state index in [4.69, 9.17) is 21.4 Å². The lowest BCUT2D eigenvalue weighted by Crippen LogP contribution is -2.00. The molecule has 0 aliphatic rings. The maximum absolute atomic E-state index is 5.99. The molecule has 3 aromatic carbocycles. The van der Waals surface area contributed by atoms with Gasteiger partial charge in [-0.3, -0.25) is 0 Å². The Balaban J connectivity index is 1.47. The smallest absolute Gasteiger partial charge is 0.212 e. The third kappa shape index (κ3) is 6.70. The Labute approximate surface area is 203 Å². The van der Waals surface area contributed by atoms with E-state index in [-0.39, 0.29) is 0 Å². The Morgan fingerprint density at radius 3 is 2.58 bits per heavy atom. The molecule has 0 saturated carbocycles. The van der Waals surface area contributed by atoms with E-state index in [0.717, 1.165) is 51.5 Å². The maximum Gasteiger partial charge on any atom is 0.212 e. The van der Waals surface area contributed by atoms with Crippen LogP contribution in [0.3, 0.4) is 0 Å². The molecule has 0 spiro atoms. The third-order valence-electron chi connectivity index (χ3n) is 4.86. The fraction of sp³-hybridized carbons (Fsp3) is 0.192. The fourth-order valence-corrected chi connectivity index (χ4v) is 4.15. The van der Waals surface area contributed by atoms with Crippen molar-refractivity contribution in [1.82, 2.24) is 14.9 Å². The van der Waals surface area contributed by atoms with Gasteiger partial charge >= 0.3 is 0 Å². The van der Waals surface area contributed by atoms with Crippen molar-refractivity contribution >= 4 is 29.6 Å². The maximum atomic E-state index is 5.99. The molecule has 0 fully saturated rings. The first kappa shape index (κ1) is 23.1. The summed E-state index contributed by atoms with van der Waals surface area (Å²) in [5.41, 5.74) is 3.25. The molecule has 0 saturated heterocycles. The van der Waals surface area contributed by atoms with Crippen LogP contribution in [-0.2, 0) is 18.8 Å². The molecule has 0 N–H and O–H groups in total. The van der Waals surface area contributed by atoms with Crippen molar-refractivity contribution in [2.45, 2.75) is 37.3 Å². The van der Waals surface area contributed by atoms with Crippen LogP contribution >= 0.6 is 23.4 Å².